The highest BCUT2D eigenvalue weighted by Gasteiger charge is 2.36. The Morgan fingerprint density at radius 3 is 2.78 bits per heavy atom. The van der Waals surface area contributed by atoms with Crippen LogP contribution in [0.25, 0.3) is 0 Å². The molecule has 1 aliphatic rings. The summed E-state index contributed by atoms with van der Waals surface area (Å²) < 4.78 is 1.09. The van der Waals surface area contributed by atoms with Crippen LogP contribution in [0.2, 0.25) is 0 Å². The molecule has 2 heterocycles. The summed E-state index contributed by atoms with van der Waals surface area (Å²) in [6, 6.07) is 2.08. The second-order valence-corrected chi connectivity index (χ2v) is 7.11. The number of nitrogens with zero attached hydrogens (tertiary/aromatic N) is 1. The van der Waals surface area contributed by atoms with Gasteiger partial charge in [-0.15, -0.1) is 11.3 Å². The molecular weight excluding hydrogens is 312 g/mol. The minimum absolute atomic E-state index is 0.186. The maximum Gasteiger partial charge on any atom is 0.228 e. The summed E-state index contributed by atoms with van der Waals surface area (Å²) >= 11 is 5.13. The molecule has 100 valence electrons. The van der Waals surface area contributed by atoms with Crippen LogP contribution in [-0.4, -0.2) is 30.9 Å². The topological polar surface area (TPSA) is 32.3 Å². The van der Waals surface area contributed by atoms with Crippen molar-refractivity contribution in [1.82, 2.24) is 10.2 Å². The van der Waals surface area contributed by atoms with Gasteiger partial charge in [0.1, 0.15) is 0 Å². The van der Waals surface area contributed by atoms with E-state index in [4.69, 9.17) is 0 Å². The van der Waals surface area contributed by atoms with Crippen LogP contribution in [0.15, 0.2) is 15.9 Å². The van der Waals surface area contributed by atoms with Crippen molar-refractivity contribution in [2.45, 2.75) is 26.3 Å². The molecule has 1 aromatic rings. The number of carbonyl (C=O) groups is 1. The predicted molar refractivity (Wildman–Crippen MR) is 78.7 cm³/mol. The van der Waals surface area contributed by atoms with Crippen molar-refractivity contribution in [1.29, 1.82) is 0 Å². The molecule has 1 N–H and O–H groups in total. The monoisotopic (exact) mass is 330 g/mol. The predicted octanol–water partition coefficient (Wildman–Crippen LogP) is 2.86. The van der Waals surface area contributed by atoms with E-state index in [2.05, 4.69) is 39.6 Å². The lowest BCUT2D eigenvalue weighted by molar-refractivity contribution is -0.141. The van der Waals surface area contributed by atoms with Crippen LogP contribution >= 0.6 is 27.3 Å². The summed E-state index contributed by atoms with van der Waals surface area (Å²) in [6.07, 6.45) is 1.87. The minimum atomic E-state index is -0.186. The Bertz CT molecular complexity index is 426. The van der Waals surface area contributed by atoms with Gasteiger partial charge in [0, 0.05) is 27.2 Å². The smallest absolute Gasteiger partial charge is 0.228 e. The maximum absolute atomic E-state index is 12.5. The second-order valence-electron chi connectivity index (χ2n) is 5.20. The fourth-order valence-electron chi connectivity index (χ4n) is 2.40. The van der Waals surface area contributed by atoms with Crippen LogP contribution in [0.3, 0.4) is 0 Å². The second kappa shape index (κ2) is 5.72. The Labute approximate surface area is 121 Å². The Hall–Kier alpha value is -0.390. The Balaban J connectivity index is 1.99. The lowest BCUT2D eigenvalue weighted by Gasteiger charge is -2.35. The molecule has 0 spiro atoms. The fraction of sp³-hybridized carbons (Fsp3) is 0.615. The van der Waals surface area contributed by atoms with E-state index in [9.17, 15) is 4.79 Å². The van der Waals surface area contributed by atoms with Gasteiger partial charge in [0.25, 0.3) is 0 Å². The minimum Gasteiger partial charge on any atom is -0.340 e. The highest BCUT2D eigenvalue weighted by molar-refractivity contribution is 9.10. The van der Waals surface area contributed by atoms with Crippen molar-refractivity contribution in [3.63, 3.8) is 0 Å². The molecule has 1 fully saturated rings. The SMILES string of the molecule is CN(Cc1cc(Br)cs1)C(=O)C1(C)CCNCC1. The number of nitrogens with one attached hydrogen (secondary N) is 1. The van der Waals surface area contributed by atoms with Crippen LogP contribution in [0.4, 0.5) is 0 Å². The molecule has 3 nitrogen and oxygen atoms in total. The number of amides is 1. The molecule has 2 rings (SSSR count). The van der Waals surface area contributed by atoms with Crippen molar-refractivity contribution in [3.05, 3.63) is 20.8 Å². The molecule has 18 heavy (non-hydrogen) atoms. The molecule has 0 atom stereocenters. The number of hydrogen-bond acceptors (Lipinski definition) is 3. The summed E-state index contributed by atoms with van der Waals surface area (Å²) in [5, 5.41) is 5.37. The molecule has 5 heteroatoms. The quantitative estimate of drug-likeness (QED) is 0.924. The Morgan fingerprint density at radius 1 is 1.56 bits per heavy atom. The summed E-state index contributed by atoms with van der Waals surface area (Å²) in [4.78, 5) is 15.6. The lowest BCUT2D eigenvalue weighted by atomic mass is 9.80. The van der Waals surface area contributed by atoms with Crippen LogP contribution < -0.4 is 5.32 Å². The molecule has 1 amide bonds. The molecule has 1 aliphatic heterocycles. The molecule has 1 saturated heterocycles. The highest BCUT2D eigenvalue weighted by atomic mass is 79.9. The lowest BCUT2D eigenvalue weighted by Crippen LogP contribution is -2.46. The molecule has 0 aliphatic carbocycles. The van der Waals surface area contributed by atoms with Crippen LogP contribution in [0.1, 0.15) is 24.6 Å². The van der Waals surface area contributed by atoms with Gasteiger partial charge < -0.3 is 10.2 Å². The van der Waals surface area contributed by atoms with Crippen molar-refractivity contribution >= 4 is 33.2 Å². The molecule has 0 bridgehead atoms. The zero-order valence-corrected chi connectivity index (χ0v) is 13.2. The number of rotatable bonds is 3. The van der Waals surface area contributed by atoms with Gasteiger partial charge >= 0.3 is 0 Å². The van der Waals surface area contributed by atoms with E-state index in [1.165, 1.54) is 4.88 Å². The molecule has 0 saturated carbocycles. The number of carbonyl (C=O) groups excluding carboxylic acids is 1. The third-order valence-corrected chi connectivity index (χ3v) is 5.27. The summed E-state index contributed by atoms with van der Waals surface area (Å²) in [5.41, 5.74) is -0.186. The third-order valence-electron chi connectivity index (χ3n) is 3.58. The Kier molecular flexibility index (Phi) is 4.45. The maximum atomic E-state index is 12.5. The first kappa shape index (κ1) is 14.0. The van der Waals surface area contributed by atoms with Crippen LogP contribution in [-0.2, 0) is 11.3 Å². The zero-order valence-electron chi connectivity index (χ0n) is 10.8. The zero-order chi connectivity index (χ0) is 13.2. The third kappa shape index (κ3) is 3.13. The van der Waals surface area contributed by atoms with Crippen LogP contribution in [0.5, 0.6) is 0 Å². The molecule has 0 unspecified atom stereocenters. The average molecular weight is 331 g/mol. The van der Waals surface area contributed by atoms with E-state index in [0.29, 0.717) is 6.54 Å². The molecular formula is C13H19BrN2OS. The van der Waals surface area contributed by atoms with Gasteiger partial charge in [0.05, 0.1) is 6.54 Å². The number of hydrogen-bond donors (Lipinski definition) is 1. The normalized spacial score (nSPS) is 18.6. The van der Waals surface area contributed by atoms with Gasteiger partial charge in [-0.3, -0.25) is 4.79 Å². The standard InChI is InChI=1S/C13H19BrN2OS/c1-13(3-5-15-6-4-13)12(17)16(2)8-11-7-10(14)9-18-11/h7,9,15H,3-6,8H2,1-2H3. The fourth-order valence-corrected chi connectivity index (χ4v) is 3.90. The molecule has 0 aromatic carbocycles. The Morgan fingerprint density at radius 2 is 2.22 bits per heavy atom. The van der Waals surface area contributed by atoms with Crippen molar-refractivity contribution in [2.75, 3.05) is 20.1 Å². The van der Waals surface area contributed by atoms with Crippen molar-refractivity contribution < 1.29 is 4.79 Å². The summed E-state index contributed by atoms with van der Waals surface area (Å²) in [5.74, 6) is 0.272. The first-order valence-corrected chi connectivity index (χ1v) is 7.88. The van der Waals surface area contributed by atoms with Crippen LogP contribution in [0, 0.1) is 5.41 Å². The van der Waals surface area contributed by atoms with E-state index >= 15 is 0 Å². The summed E-state index contributed by atoms with van der Waals surface area (Å²) in [7, 11) is 1.91. The van der Waals surface area contributed by atoms with E-state index in [-0.39, 0.29) is 11.3 Å². The first-order valence-electron chi connectivity index (χ1n) is 6.20. The van der Waals surface area contributed by atoms with E-state index < -0.39 is 0 Å². The van der Waals surface area contributed by atoms with Gasteiger partial charge in [0.2, 0.25) is 5.91 Å². The average Bonchev–Trinajstić information content (AvgIpc) is 2.74. The van der Waals surface area contributed by atoms with Gasteiger partial charge in [-0.05, 0) is 47.9 Å². The number of halogens is 1. The van der Waals surface area contributed by atoms with Crippen molar-refractivity contribution in [2.24, 2.45) is 5.41 Å². The number of thiophene rings is 1. The highest BCUT2D eigenvalue weighted by Crippen LogP contribution is 2.31. The van der Waals surface area contributed by atoms with Gasteiger partial charge in [0.15, 0.2) is 0 Å². The van der Waals surface area contributed by atoms with Gasteiger partial charge in [-0.1, -0.05) is 6.92 Å². The first-order chi connectivity index (χ1) is 8.51. The number of piperidine rings is 1. The summed E-state index contributed by atoms with van der Waals surface area (Å²) in [6.45, 7) is 4.69. The molecule has 1 aromatic heterocycles. The largest absolute Gasteiger partial charge is 0.340 e. The molecule has 0 radical (unpaired) electrons. The van der Waals surface area contributed by atoms with E-state index in [1.807, 2.05) is 11.9 Å². The van der Waals surface area contributed by atoms with E-state index in [0.717, 1.165) is 30.4 Å². The van der Waals surface area contributed by atoms with Crippen molar-refractivity contribution in [3.8, 4) is 0 Å². The van der Waals surface area contributed by atoms with Gasteiger partial charge in [-0.25, -0.2) is 0 Å². The van der Waals surface area contributed by atoms with E-state index in [1.54, 1.807) is 11.3 Å². The van der Waals surface area contributed by atoms with Gasteiger partial charge in [-0.2, -0.15) is 0 Å².